The minimum atomic E-state index is 0.414. The summed E-state index contributed by atoms with van der Waals surface area (Å²) in [6.07, 6.45) is 5.28. The van der Waals surface area contributed by atoms with E-state index in [1.165, 1.54) is 0 Å². The maximum Gasteiger partial charge on any atom is 0.158 e. The zero-order valence-corrected chi connectivity index (χ0v) is 10.6. The van der Waals surface area contributed by atoms with E-state index in [0.29, 0.717) is 19.0 Å². The molecule has 0 aliphatic heterocycles. The zero-order valence-electron chi connectivity index (χ0n) is 10.6. The first-order chi connectivity index (χ1) is 8.83. The van der Waals surface area contributed by atoms with Crippen molar-refractivity contribution in [3.8, 4) is 5.82 Å². The Labute approximate surface area is 106 Å². The summed E-state index contributed by atoms with van der Waals surface area (Å²) in [4.78, 5) is 12.8. The van der Waals surface area contributed by atoms with E-state index in [0.717, 1.165) is 18.2 Å². The van der Waals surface area contributed by atoms with E-state index in [9.17, 15) is 0 Å². The molecule has 0 saturated heterocycles. The zero-order chi connectivity index (χ0) is 12.8. The molecule has 0 atom stereocenters. The molecule has 2 aromatic rings. The van der Waals surface area contributed by atoms with Crippen LogP contribution < -0.4 is 5.32 Å². The van der Waals surface area contributed by atoms with Gasteiger partial charge in [-0.1, -0.05) is 0 Å². The van der Waals surface area contributed by atoms with Gasteiger partial charge in [-0.2, -0.15) is 0 Å². The largest absolute Gasteiger partial charge is 0.374 e. The Balaban J connectivity index is 2.30. The molecule has 0 saturated carbocycles. The van der Waals surface area contributed by atoms with Crippen molar-refractivity contribution in [3.63, 3.8) is 0 Å². The van der Waals surface area contributed by atoms with Crippen LogP contribution in [-0.4, -0.2) is 32.7 Å². The van der Waals surface area contributed by atoms with Crippen molar-refractivity contribution in [1.29, 1.82) is 0 Å². The molecular formula is C12H17N5O. The second-order valence-electron chi connectivity index (χ2n) is 3.67. The van der Waals surface area contributed by atoms with Crippen LogP contribution in [0.2, 0.25) is 0 Å². The molecule has 2 heterocycles. The minimum Gasteiger partial charge on any atom is -0.374 e. The third kappa shape index (κ3) is 3.04. The van der Waals surface area contributed by atoms with Crippen LogP contribution in [0.3, 0.4) is 0 Å². The van der Waals surface area contributed by atoms with Gasteiger partial charge in [0, 0.05) is 31.6 Å². The van der Waals surface area contributed by atoms with Crippen LogP contribution in [0.1, 0.15) is 19.7 Å². The van der Waals surface area contributed by atoms with E-state index in [-0.39, 0.29) is 0 Å². The SMILES string of the molecule is CCNc1cc(-n2ccnc2)nc(COCC)n1. The minimum absolute atomic E-state index is 0.414. The van der Waals surface area contributed by atoms with Crippen molar-refractivity contribution >= 4 is 5.82 Å². The lowest BCUT2D eigenvalue weighted by Crippen LogP contribution is -2.08. The second-order valence-corrected chi connectivity index (χ2v) is 3.67. The summed E-state index contributed by atoms with van der Waals surface area (Å²) < 4.78 is 7.19. The Bertz CT molecular complexity index is 483. The topological polar surface area (TPSA) is 64.9 Å². The fourth-order valence-corrected chi connectivity index (χ4v) is 1.54. The van der Waals surface area contributed by atoms with Crippen molar-refractivity contribution < 1.29 is 4.74 Å². The molecule has 18 heavy (non-hydrogen) atoms. The van der Waals surface area contributed by atoms with Crippen molar-refractivity contribution in [3.05, 3.63) is 30.6 Å². The van der Waals surface area contributed by atoms with Crippen molar-refractivity contribution in [2.24, 2.45) is 0 Å². The summed E-state index contributed by atoms with van der Waals surface area (Å²) in [5, 5.41) is 3.19. The first kappa shape index (κ1) is 12.5. The fraction of sp³-hybridized carbons (Fsp3) is 0.417. The summed E-state index contributed by atoms with van der Waals surface area (Å²) in [5.74, 6) is 2.25. The summed E-state index contributed by atoms with van der Waals surface area (Å²) in [7, 11) is 0. The van der Waals surface area contributed by atoms with Crippen LogP contribution in [-0.2, 0) is 11.3 Å². The number of ether oxygens (including phenoxy) is 1. The molecular weight excluding hydrogens is 230 g/mol. The summed E-state index contributed by atoms with van der Waals surface area (Å²) in [6.45, 7) is 5.85. The molecule has 0 spiro atoms. The first-order valence-corrected chi connectivity index (χ1v) is 6.01. The quantitative estimate of drug-likeness (QED) is 0.840. The molecule has 6 heteroatoms. The highest BCUT2D eigenvalue weighted by molar-refractivity contribution is 5.41. The molecule has 0 unspecified atom stereocenters. The summed E-state index contributed by atoms with van der Waals surface area (Å²) in [6, 6.07) is 1.89. The van der Waals surface area contributed by atoms with Gasteiger partial charge in [0.1, 0.15) is 24.6 Å². The van der Waals surface area contributed by atoms with Gasteiger partial charge in [0.05, 0.1) is 0 Å². The number of rotatable bonds is 6. The maximum absolute atomic E-state index is 5.35. The van der Waals surface area contributed by atoms with Crippen LogP contribution in [0, 0.1) is 0 Å². The number of aromatic nitrogens is 4. The van der Waals surface area contributed by atoms with Crippen molar-refractivity contribution in [2.45, 2.75) is 20.5 Å². The number of hydrogen-bond donors (Lipinski definition) is 1. The summed E-state index contributed by atoms with van der Waals surface area (Å²) >= 11 is 0. The molecule has 96 valence electrons. The van der Waals surface area contributed by atoms with Gasteiger partial charge < -0.3 is 10.1 Å². The smallest absolute Gasteiger partial charge is 0.158 e. The Kier molecular flexibility index (Phi) is 4.25. The molecule has 2 aromatic heterocycles. The number of hydrogen-bond acceptors (Lipinski definition) is 5. The van der Waals surface area contributed by atoms with E-state index in [2.05, 4.69) is 20.3 Å². The molecule has 6 nitrogen and oxygen atoms in total. The molecule has 0 fully saturated rings. The third-order valence-corrected chi connectivity index (χ3v) is 2.32. The Hall–Kier alpha value is -1.95. The average molecular weight is 247 g/mol. The number of nitrogens with one attached hydrogen (secondary N) is 1. The molecule has 0 bridgehead atoms. The van der Waals surface area contributed by atoms with Gasteiger partial charge in [-0.25, -0.2) is 15.0 Å². The molecule has 1 N–H and O–H groups in total. The molecule has 2 rings (SSSR count). The van der Waals surface area contributed by atoms with Gasteiger partial charge in [0.15, 0.2) is 5.82 Å². The average Bonchev–Trinajstić information content (AvgIpc) is 2.90. The highest BCUT2D eigenvalue weighted by Gasteiger charge is 2.05. The first-order valence-electron chi connectivity index (χ1n) is 6.01. The third-order valence-electron chi connectivity index (χ3n) is 2.32. The predicted molar refractivity (Wildman–Crippen MR) is 68.6 cm³/mol. The maximum atomic E-state index is 5.35. The lowest BCUT2D eigenvalue weighted by atomic mass is 10.4. The van der Waals surface area contributed by atoms with Crippen LogP contribution in [0.5, 0.6) is 0 Å². The Morgan fingerprint density at radius 2 is 2.22 bits per heavy atom. The van der Waals surface area contributed by atoms with Crippen LogP contribution >= 0.6 is 0 Å². The monoisotopic (exact) mass is 247 g/mol. The van der Waals surface area contributed by atoms with Crippen LogP contribution in [0.15, 0.2) is 24.8 Å². The van der Waals surface area contributed by atoms with Gasteiger partial charge in [0.2, 0.25) is 0 Å². The molecule has 0 aliphatic carbocycles. The van der Waals surface area contributed by atoms with Gasteiger partial charge in [-0.15, -0.1) is 0 Å². The Morgan fingerprint density at radius 1 is 1.33 bits per heavy atom. The fourth-order valence-electron chi connectivity index (χ4n) is 1.54. The predicted octanol–water partition coefficient (Wildman–Crippen LogP) is 1.63. The standard InChI is InChI=1S/C12H17N5O/c1-3-14-10-7-12(17-6-5-13-9-17)16-11(15-10)8-18-4-2/h5-7,9H,3-4,8H2,1-2H3,(H,14,15,16). The Morgan fingerprint density at radius 3 is 2.89 bits per heavy atom. The lowest BCUT2D eigenvalue weighted by molar-refractivity contribution is 0.128. The van der Waals surface area contributed by atoms with E-state index in [1.807, 2.05) is 30.7 Å². The highest BCUT2D eigenvalue weighted by atomic mass is 16.5. The molecule has 0 radical (unpaired) electrons. The number of anilines is 1. The van der Waals surface area contributed by atoms with E-state index in [1.54, 1.807) is 12.5 Å². The van der Waals surface area contributed by atoms with E-state index in [4.69, 9.17) is 4.74 Å². The van der Waals surface area contributed by atoms with Crippen LogP contribution in [0.25, 0.3) is 5.82 Å². The van der Waals surface area contributed by atoms with Crippen molar-refractivity contribution in [2.75, 3.05) is 18.5 Å². The summed E-state index contributed by atoms with van der Waals surface area (Å²) in [5.41, 5.74) is 0. The second kappa shape index (κ2) is 6.11. The van der Waals surface area contributed by atoms with Gasteiger partial charge in [-0.3, -0.25) is 4.57 Å². The molecule has 0 aromatic carbocycles. The normalized spacial score (nSPS) is 10.6. The van der Waals surface area contributed by atoms with E-state index < -0.39 is 0 Å². The number of imidazole rings is 1. The number of nitrogens with zero attached hydrogens (tertiary/aromatic N) is 4. The van der Waals surface area contributed by atoms with Gasteiger partial charge in [-0.05, 0) is 13.8 Å². The van der Waals surface area contributed by atoms with E-state index >= 15 is 0 Å². The van der Waals surface area contributed by atoms with Crippen LogP contribution in [0.4, 0.5) is 5.82 Å². The van der Waals surface area contributed by atoms with Gasteiger partial charge in [0.25, 0.3) is 0 Å². The molecule has 0 amide bonds. The molecule has 0 aliphatic rings. The van der Waals surface area contributed by atoms with Gasteiger partial charge >= 0.3 is 0 Å². The highest BCUT2D eigenvalue weighted by Crippen LogP contribution is 2.11. The van der Waals surface area contributed by atoms with Crippen molar-refractivity contribution in [1.82, 2.24) is 19.5 Å². The lowest BCUT2D eigenvalue weighted by Gasteiger charge is -2.09.